The van der Waals surface area contributed by atoms with E-state index in [0.717, 1.165) is 55.8 Å². The van der Waals surface area contributed by atoms with Crippen molar-refractivity contribution in [1.29, 1.82) is 5.26 Å². The van der Waals surface area contributed by atoms with Gasteiger partial charge < -0.3 is 24.2 Å². The number of ether oxygens (including phenoxy) is 2. The van der Waals surface area contributed by atoms with E-state index in [1.807, 2.05) is 11.1 Å². The summed E-state index contributed by atoms with van der Waals surface area (Å²) >= 11 is 0. The molecule has 2 saturated heterocycles. The van der Waals surface area contributed by atoms with Crippen molar-refractivity contribution in [3.8, 4) is 29.1 Å². The molecule has 1 aromatic carbocycles. The number of piperazine rings is 1. The third kappa shape index (κ3) is 5.22. The standard InChI is InChI=1S/C35H38FN7O3/c1-20(36)34(44)43-14-13-42(18-22(43)10-11-37)33-29-17-38-30(26-7-3-6-25-27-15-21(27)16-28(25)26)32(46-24-8-9-24)31(29)39-35(40-33)45-19-23-5-4-12-41(23)2/h3,6-7,17,21-24,27H,1,4-5,8-10,12-16,18-19H2,2H3/t21-,22+,23+,27-/m1/s1. The number of hydrogen-bond acceptors (Lipinski definition) is 9. The Morgan fingerprint density at radius 3 is 2.80 bits per heavy atom. The number of hydrogen-bond donors (Lipinski definition) is 0. The zero-order valence-corrected chi connectivity index (χ0v) is 26.1. The fourth-order valence-electron chi connectivity index (χ4n) is 7.62. The fraction of sp³-hybridized carbons (Fsp3) is 0.514. The molecule has 2 aromatic heterocycles. The van der Waals surface area contributed by atoms with Crippen LogP contribution in [0, 0.1) is 17.2 Å². The first-order valence-corrected chi connectivity index (χ1v) is 16.5. The van der Waals surface area contributed by atoms with Crippen molar-refractivity contribution in [3.05, 3.63) is 47.9 Å². The molecule has 2 aliphatic heterocycles. The quantitative estimate of drug-likeness (QED) is 0.311. The molecule has 4 atom stereocenters. The second kappa shape index (κ2) is 11.5. The van der Waals surface area contributed by atoms with Crippen LogP contribution < -0.4 is 14.4 Å². The van der Waals surface area contributed by atoms with Crippen molar-refractivity contribution in [2.24, 2.45) is 5.92 Å². The molecule has 8 rings (SSSR count). The maximum absolute atomic E-state index is 13.9. The summed E-state index contributed by atoms with van der Waals surface area (Å²) in [6.45, 7) is 5.58. The van der Waals surface area contributed by atoms with Crippen molar-refractivity contribution in [2.45, 2.75) is 69.1 Å². The van der Waals surface area contributed by atoms with Gasteiger partial charge in [0.25, 0.3) is 5.91 Å². The third-order valence-electron chi connectivity index (χ3n) is 10.4. The third-order valence-corrected chi connectivity index (χ3v) is 10.4. The lowest BCUT2D eigenvalue weighted by Gasteiger charge is -2.41. The van der Waals surface area contributed by atoms with Crippen LogP contribution in [-0.4, -0.2) is 88.7 Å². The van der Waals surface area contributed by atoms with E-state index >= 15 is 0 Å². The first-order valence-electron chi connectivity index (χ1n) is 16.5. The van der Waals surface area contributed by atoms with Crippen molar-refractivity contribution >= 4 is 22.6 Å². The highest BCUT2D eigenvalue weighted by molar-refractivity contribution is 5.97. The minimum Gasteiger partial charge on any atom is -0.486 e. The van der Waals surface area contributed by atoms with Gasteiger partial charge in [-0.3, -0.25) is 9.78 Å². The molecule has 5 aliphatic rings. The lowest BCUT2D eigenvalue weighted by atomic mass is 9.96. The Labute approximate surface area is 267 Å². The highest BCUT2D eigenvalue weighted by Crippen LogP contribution is 2.58. The van der Waals surface area contributed by atoms with Crippen LogP contribution in [0.15, 0.2) is 36.8 Å². The first-order chi connectivity index (χ1) is 22.4. The highest BCUT2D eigenvalue weighted by Gasteiger charge is 2.46. The maximum atomic E-state index is 13.9. The second-order valence-electron chi connectivity index (χ2n) is 13.5. The molecule has 4 heterocycles. The summed E-state index contributed by atoms with van der Waals surface area (Å²) in [6, 6.07) is 8.69. The van der Waals surface area contributed by atoms with E-state index < -0.39 is 17.8 Å². The van der Waals surface area contributed by atoms with Crippen molar-refractivity contribution in [3.63, 3.8) is 0 Å². The van der Waals surface area contributed by atoms with Gasteiger partial charge in [0, 0.05) is 37.4 Å². The summed E-state index contributed by atoms with van der Waals surface area (Å²) in [4.78, 5) is 33.3. The molecular formula is C35H38FN7O3. The maximum Gasteiger partial charge on any atom is 0.319 e. The van der Waals surface area contributed by atoms with Gasteiger partial charge in [0.15, 0.2) is 11.6 Å². The van der Waals surface area contributed by atoms with E-state index in [1.54, 1.807) is 0 Å². The molecule has 11 heteroatoms. The molecule has 46 heavy (non-hydrogen) atoms. The number of pyridine rings is 1. The van der Waals surface area contributed by atoms with Gasteiger partial charge in [0.05, 0.1) is 30.0 Å². The lowest BCUT2D eigenvalue weighted by Crippen LogP contribution is -2.55. The average Bonchev–Trinajstić information content (AvgIpc) is 3.97. The number of rotatable bonds is 9. The molecule has 0 unspecified atom stereocenters. The van der Waals surface area contributed by atoms with Gasteiger partial charge in [-0.25, -0.2) is 4.39 Å². The van der Waals surface area contributed by atoms with Gasteiger partial charge in [-0.2, -0.15) is 15.2 Å². The summed E-state index contributed by atoms with van der Waals surface area (Å²) in [5.41, 5.74) is 5.33. The molecule has 3 aromatic rings. The molecule has 3 aliphatic carbocycles. The number of halogens is 1. The molecule has 0 N–H and O–H groups in total. The molecule has 238 valence electrons. The fourth-order valence-corrected chi connectivity index (χ4v) is 7.62. The first kappa shape index (κ1) is 29.1. The summed E-state index contributed by atoms with van der Waals surface area (Å²) < 4.78 is 26.9. The van der Waals surface area contributed by atoms with Crippen LogP contribution >= 0.6 is 0 Å². The predicted octanol–water partition coefficient (Wildman–Crippen LogP) is 4.78. The van der Waals surface area contributed by atoms with E-state index in [-0.39, 0.29) is 31.1 Å². The number of benzene rings is 1. The van der Waals surface area contributed by atoms with Crippen molar-refractivity contribution in [2.75, 3.05) is 44.7 Å². The van der Waals surface area contributed by atoms with Crippen LogP contribution in [0.5, 0.6) is 11.8 Å². The number of likely N-dealkylation sites (tertiary alicyclic amines) is 1. The van der Waals surface area contributed by atoms with E-state index in [1.165, 1.54) is 22.4 Å². The number of anilines is 1. The van der Waals surface area contributed by atoms with E-state index in [4.69, 9.17) is 24.4 Å². The molecule has 0 bridgehead atoms. The molecule has 2 saturated carbocycles. The molecule has 1 amide bonds. The van der Waals surface area contributed by atoms with E-state index in [2.05, 4.69) is 42.8 Å². The van der Waals surface area contributed by atoms with Crippen LogP contribution in [0.25, 0.3) is 22.2 Å². The van der Waals surface area contributed by atoms with Crippen molar-refractivity contribution in [1.82, 2.24) is 24.8 Å². The average molecular weight is 624 g/mol. The minimum atomic E-state index is -1.03. The van der Waals surface area contributed by atoms with E-state index in [0.29, 0.717) is 48.1 Å². The molecule has 10 nitrogen and oxygen atoms in total. The summed E-state index contributed by atoms with van der Waals surface area (Å²) in [6.07, 6.45) is 8.45. The Bertz CT molecular complexity index is 1770. The minimum absolute atomic E-state index is 0.0510. The zero-order valence-electron chi connectivity index (χ0n) is 26.1. The summed E-state index contributed by atoms with van der Waals surface area (Å²) in [7, 11) is 2.11. The Morgan fingerprint density at radius 2 is 2.04 bits per heavy atom. The van der Waals surface area contributed by atoms with Crippen LogP contribution in [0.4, 0.5) is 10.2 Å². The van der Waals surface area contributed by atoms with Gasteiger partial charge in [0.2, 0.25) is 0 Å². The van der Waals surface area contributed by atoms with Crippen LogP contribution in [0.1, 0.15) is 55.6 Å². The molecule has 0 radical (unpaired) electrons. The summed E-state index contributed by atoms with van der Waals surface area (Å²) in [5, 5.41) is 10.3. The number of nitrogens with zero attached hydrogens (tertiary/aromatic N) is 7. The Kier molecular flexibility index (Phi) is 7.28. The molecular weight excluding hydrogens is 585 g/mol. The molecule has 4 fully saturated rings. The zero-order chi connectivity index (χ0) is 31.5. The van der Waals surface area contributed by atoms with Gasteiger partial charge in [-0.1, -0.05) is 24.8 Å². The van der Waals surface area contributed by atoms with Gasteiger partial charge in [-0.05, 0) is 75.1 Å². The number of carbonyl (C=O) groups is 1. The van der Waals surface area contributed by atoms with Crippen LogP contribution in [-0.2, 0) is 11.2 Å². The lowest BCUT2D eigenvalue weighted by molar-refractivity contribution is -0.131. The van der Waals surface area contributed by atoms with Gasteiger partial charge in [-0.15, -0.1) is 0 Å². The normalized spacial score (nSPS) is 25.2. The largest absolute Gasteiger partial charge is 0.486 e. The Balaban J connectivity index is 1.23. The number of aromatic nitrogens is 3. The van der Waals surface area contributed by atoms with Gasteiger partial charge in [0.1, 0.15) is 23.6 Å². The number of fused-ring (bicyclic) bond motifs is 4. The van der Waals surface area contributed by atoms with Crippen LogP contribution in [0.2, 0.25) is 0 Å². The monoisotopic (exact) mass is 623 g/mol. The van der Waals surface area contributed by atoms with Crippen molar-refractivity contribution < 1.29 is 18.7 Å². The van der Waals surface area contributed by atoms with Crippen LogP contribution in [0.3, 0.4) is 0 Å². The van der Waals surface area contributed by atoms with Gasteiger partial charge >= 0.3 is 6.01 Å². The Morgan fingerprint density at radius 1 is 1.17 bits per heavy atom. The number of carbonyl (C=O) groups excluding carboxylic acids is 1. The smallest absolute Gasteiger partial charge is 0.319 e. The number of nitriles is 1. The summed E-state index contributed by atoms with van der Waals surface area (Å²) in [5.74, 6) is 0.835. The Hall–Kier alpha value is -4.30. The highest BCUT2D eigenvalue weighted by atomic mass is 19.1. The second-order valence-corrected chi connectivity index (χ2v) is 13.5. The number of amides is 1. The molecule has 0 spiro atoms. The number of likely N-dealkylation sites (N-methyl/N-ethyl adjacent to an activating group) is 1. The predicted molar refractivity (Wildman–Crippen MR) is 170 cm³/mol. The topological polar surface area (TPSA) is 108 Å². The SMILES string of the molecule is C=C(F)C(=O)N1CCN(c2nc(OC[C@@H]3CCCN3C)nc3c(OC4CC4)c(-c4cccc5c4C[C@H]4C[C@@H]54)ncc23)C[C@@H]1CC#N. The van der Waals surface area contributed by atoms with E-state index in [9.17, 15) is 14.4 Å².